The first-order valence-corrected chi connectivity index (χ1v) is 7.74. The van der Waals surface area contributed by atoms with Crippen LogP contribution in [0.2, 0.25) is 5.02 Å². The summed E-state index contributed by atoms with van der Waals surface area (Å²) in [6, 6.07) is 11.1. The fraction of sp³-hybridized carbons (Fsp3) is 0.250. The summed E-state index contributed by atoms with van der Waals surface area (Å²) in [6.07, 6.45) is 0. The summed E-state index contributed by atoms with van der Waals surface area (Å²) in [5, 5.41) is 9.95. The molecule has 0 radical (unpaired) electrons. The molecule has 1 N–H and O–H groups in total. The molecule has 0 heterocycles. The molecule has 21 heavy (non-hydrogen) atoms. The molecule has 0 atom stereocenters. The molecule has 0 fully saturated rings. The van der Waals surface area contributed by atoms with Crippen LogP contribution in [0, 0.1) is 0 Å². The summed E-state index contributed by atoms with van der Waals surface area (Å²) in [7, 11) is 0. The van der Waals surface area contributed by atoms with E-state index in [1.165, 1.54) is 0 Å². The highest BCUT2D eigenvalue weighted by Gasteiger charge is 2.12. The Bertz CT molecular complexity index is 599. The maximum absolute atomic E-state index is 9.25. The molecule has 0 saturated heterocycles. The lowest BCUT2D eigenvalue weighted by Crippen LogP contribution is -2.01. The number of ether oxygens (including phenoxy) is 2. The third kappa shape index (κ3) is 4.37. The SMILES string of the molecule is CCOc1cc(CO)cc(Br)c1OCc1ccc(Cl)cc1. The zero-order valence-corrected chi connectivity index (χ0v) is 13.9. The first-order valence-electron chi connectivity index (χ1n) is 6.57. The number of aliphatic hydroxyl groups excluding tert-OH is 1. The molecular weight excluding hydrogens is 356 g/mol. The highest BCUT2D eigenvalue weighted by molar-refractivity contribution is 9.10. The van der Waals surface area contributed by atoms with E-state index in [1.54, 1.807) is 6.07 Å². The number of hydrogen-bond donors (Lipinski definition) is 1. The van der Waals surface area contributed by atoms with Crippen LogP contribution in [0.15, 0.2) is 40.9 Å². The van der Waals surface area contributed by atoms with Gasteiger partial charge >= 0.3 is 0 Å². The van der Waals surface area contributed by atoms with Crippen molar-refractivity contribution in [3.63, 3.8) is 0 Å². The highest BCUT2D eigenvalue weighted by Crippen LogP contribution is 2.37. The Balaban J connectivity index is 2.19. The number of benzene rings is 2. The van der Waals surface area contributed by atoms with E-state index < -0.39 is 0 Å². The molecule has 2 aromatic carbocycles. The van der Waals surface area contributed by atoms with Crippen molar-refractivity contribution in [3.05, 3.63) is 57.0 Å². The molecule has 112 valence electrons. The quantitative estimate of drug-likeness (QED) is 0.808. The minimum atomic E-state index is -0.0455. The van der Waals surface area contributed by atoms with E-state index in [9.17, 15) is 5.11 Å². The van der Waals surface area contributed by atoms with Gasteiger partial charge in [0.25, 0.3) is 0 Å². The monoisotopic (exact) mass is 370 g/mol. The summed E-state index contributed by atoms with van der Waals surface area (Å²) < 4.78 is 12.2. The number of halogens is 2. The Morgan fingerprint density at radius 1 is 1.10 bits per heavy atom. The van der Waals surface area contributed by atoms with Crippen LogP contribution in [0.25, 0.3) is 0 Å². The Kier molecular flexibility index (Phi) is 5.91. The van der Waals surface area contributed by atoms with Crippen molar-refractivity contribution in [1.82, 2.24) is 0 Å². The van der Waals surface area contributed by atoms with E-state index in [0.717, 1.165) is 15.6 Å². The minimum Gasteiger partial charge on any atom is -0.490 e. The summed E-state index contributed by atoms with van der Waals surface area (Å²) in [4.78, 5) is 0. The number of aliphatic hydroxyl groups is 1. The van der Waals surface area contributed by atoms with Gasteiger partial charge in [0.2, 0.25) is 0 Å². The predicted octanol–water partition coefficient (Wildman–Crippen LogP) is 4.57. The van der Waals surface area contributed by atoms with Crippen molar-refractivity contribution in [2.75, 3.05) is 6.61 Å². The van der Waals surface area contributed by atoms with Crippen molar-refractivity contribution in [2.24, 2.45) is 0 Å². The fourth-order valence-corrected chi connectivity index (χ4v) is 2.58. The molecule has 0 unspecified atom stereocenters. The van der Waals surface area contributed by atoms with Crippen molar-refractivity contribution in [2.45, 2.75) is 20.1 Å². The van der Waals surface area contributed by atoms with Crippen molar-refractivity contribution >= 4 is 27.5 Å². The fourth-order valence-electron chi connectivity index (χ4n) is 1.85. The molecule has 0 aliphatic rings. The van der Waals surface area contributed by atoms with E-state index in [0.29, 0.717) is 29.7 Å². The summed E-state index contributed by atoms with van der Waals surface area (Å²) in [5.41, 5.74) is 1.78. The molecule has 5 heteroatoms. The van der Waals surface area contributed by atoms with E-state index in [2.05, 4.69) is 15.9 Å². The lowest BCUT2D eigenvalue weighted by Gasteiger charge is -2.15. The molecule has 0 aliphatic heterocycles. The molecule has 3 nitrogen and oxygen atoms in total. The van der Waals surface area contributed by atoms with Gasteiger partial charge in [-0.1, -0.05) is 23.7 Å². The largest absolute Gasteiger partial charge is 0.490 e. The van der Waals surface area contributed by atoms with Crippen LogP contribution in [0.1, 0.15) is 18.1 Å². The zero-order valence-electron chi connectivity index (χ0n) is 11.6. The normalized spacial score (nSPS) is 10.5. The summed E-state index contributed by atoms with van der Waals surface area (Å²) in [5.74, 6) is 1.24. The maximum Gasteiger partial charge on any atom is 0.175 e. The minimum absolute atomic E-state index is 0.0455. The third-order valence-corrected chi connectivity index (χ3v) is 3.69. The van der Waals surface area contributed by atoms with Crippen LogP contribution in [0.5, 0.6) is 11.5 Å². The highest BCUT2D eigenvalue weighted by atomic mass is 79.9. The molecule has 0 spiro atoms. The first-order chi connectivity index (χ1) is 10.1. The van der Waals surface area contributed by atoms with Crippen LogP contribution in [0.3, 0.4) is 0 Å². The van der Waals surface area contributed by atoms with Gasteiger partial charge in [0.05, 0.1) is 17.7 Å². The zero-order chi connectivity index (χ0) is 15.2. The first kappa shape index (κ1) is 16.1. The van der Waals surface area contributed by atoms with Gasteiger partial charge in [-0.3, -0.25) is 0 Å². The molecule has 0 amide bonds. The average Bonchev–Trinajstić information content (AvgIpc) is 2.48. The van der Waals surface area contributed by atoms with Gasteiger partial charge in [-0.2, -0.15) is 0 Å². The second kappa shape index (κ2) is 7.69. The Labute approximate surface area is 137 Å². The summed E-state index contributed by atoms with van der Waals surface area (Å²) in [6.45, 7) is 2.80. The third-order valence-electron chi connectivity index (χ3n) is 2.85. The van der Waals surface area contributed by atoms with Crippen LogP contribution >= 0.6 is 27.5 Å². The number of hydrogen-bond acceptors (Lipinski definition) is 3. The lowest BCUT2D eigenvalue weighted by atomic mass is 10.2. The van der Waals surface area contributed by atoms with E-state index >= 15 is 0 Å². The van der Waals surface area contributed by atoms with Gasteiger partial charge in [-0.05, 0) is 58.2 Å². The number of rotatable bonds is 6. The van der Waals surface area contributed by atoms with Gasteiger partial charge in [0.15, 0.2) is 11.5 Å². The van der Waals surface area contributed by atoms with Gasteiger partial charge in [0, 0.05) is 5.02 Å². The van der Waals surface area contributed by atoms with Crippen molar-refractivity contribution in [3.8, 4) is 11.5 Å². The molecule has 2 rings (SSSR count). The molecule has 0 aliphatic carbocycles. The van der Waals surface area contributed by atoms with Gasteiger partial charge in [-0.25, -0.2) is 0 Å². The second-order valence-corrected chi connectivity index (χ2v) is 5.70. The van der Waals surface area contributed by atoms with Gasteiger partial charge < -0.3 is 14.6 Å². The molecule has 0 aromatic heterocycles. The van der Waals surface area contributed by atoms with Crippen LogP contribution < -0.4 is 9.47 Å². The Morgan fingerprint density at radius 3 is 2.43 bits per heavy atom. The smallest absolute Gasteiger partial charge is 0.175 e. The average molecular weight is 372 g/mol. The van der Waals surface area contributed by atoms with Crippen molar-refractivity contribution < 1.29 is 14.6 Å². The van der Waals surface area contributed by atoms with Gasteiger partial charge in [0.1, 0.15) is 6.61 Å². The molecular formula is C16H16BrClO3. The molecule has 2 aromatic rings. The molecule has 0 bridgehead atoms. The van der Waals surface area contributed by atoms with Gasteiger partial charge in [-0.15, -0.1) is 0 Å². The van der Waals surface area contributed by atoms with Crippen LogP contribution in [-0.2, 0) is 13.2 Å². The summed E-state index contributed by atoms with van der Waals surface area (Å²) >= 11 is 9.32. The predicted molar refractivity (Wildman–Crippen MR) is 87.0 cm³/mol. The maximum atomic E-state index is 9.25. The van der Waals surface area contributed by atoms with E-state index in [-0.39, 0.29) is 6.61 Å². The van der Waals surface area contributed by atoms with Crippen molar-refractivity contribution in [1.29, 1.82) is 0 Å². The second-order valence-electron chi connectivity index (χ2n) is 4.41. The lowest BCUT2D eigenvalue weighted by molar-refractivity contribution is 0.262. The van der Waals surface area contributed by atoms with Crippen LogP contribution in [-0.4, -0.2) is 11.7 Å². The topological polar surface area (TPSA) is 38.7 Å². The Morgan fingerprint density at radius 2 is 1.81 bits per heavy atom. The van der Waals surface area contributed by atoms with E-state index in [4.69, 9.17) is 21.1 Å². The van der Waals surface area contributed by atoms with E-state index in [1.807, 2.05) is 37.3 Å². The van der Waals surface area contributed by atoms with Crippen LogP contribution in [0.4, 0.5) is 0 Å². The standard InChI is InChI=1S/C16H16BrClO3/c1-2-20-15-8-12(9-19)7-14(17)16(15)21-10-11-3-5-13(18)6-4-11/h3-8,19H,2,9-10H2,1H3. The Hall–Kier alpha value is -1.23. The molecule has 0 saturated carbocycles.